The molecule has 0 aliphatic rings. The summed E-state index contributed by atoms with van der Waals surface area (Å²) in [5.74, 6) is 0. The van der Waals surface area contributed by atoms with Gasteiger partial charge in [0.1, 0.15) is 0 Å². The average Bonchev–Trinajstić information content (AvgIpc) is 0.730. The lowest BCUT2D eigenvalue weighted by atomic mass is 9.80. The van der Waals surface area contributed by atoms with Crippen molar-refractivity contribution in [2.45, 2.75) is 131 Å². The van der Waals surface area contributed by atoms with Crippen LogP contribution in [0.2, 0.25) is 0 Å². The standard InChI is InChI=1S/C100H96N2/c1-7-9-11-13-15-17-23-85-69-97(83-53-65-91(66-54-83)101(87-57-45-79(46-58-87)75-37-29-71(3)30-38-75)88-59-47-80(48-60-88)76-39-31-72(4)32-40-76)93-25-19-21-27-95(93)99(85)100-86(24-18-16-14-12-10-8-2)70-98(94-26-20-22-28-96(94)100)84-55-67-92(68-56-84)102(89-61-49-81(50-62-89)77-41-33-73(5)34-42-77)90-63-51-82(52-64-90)78-43-35-74(6)36-44-78/h19-22,25-70H,7-18,23-24H2,1-6H3. The summed E-state index contributed by atoms with van der Waals surface area (Å²) in [7, 11) is 0. The SMILES string of the molecule is CCCCCCCCc1cc(-c2ccc(N(c3ccc(-c4ccc(C)cc4)cc3)c3ccc(-c4ccc(C)cc4)cc3)cc2)c2ccccc2c1-c1c(CCCCCCCC)cc(-c2ccc(N(c3ccc(-c4ccc(C)cc4)cc3)c3ccc(-c4ccc(C)cc4)cc3)cc2)c2ccccc12. The predicted molar refractivity (Wildman–Crippen MR) is 442 cm³/mol. The zero-order chi connectivity index (χ0) is 69.7. The van der Waals surface area contributed by atoms with E-state index >= 15 is 0 Å². The molecule has 0 unspecified atom stereocenters. The molecule has 0 amide bonds. The van der Waals surface area contributed by atoms with Gasteiger partial charge in [0.15, 0.2) is 0 Å². The van der Waals surface area contributed by atoms with E-state index in [0.29, 0.717) is 0 Å². The Labute approximate surface area is 607 Å². The van der Waals surface area contributed by atoms with Crippen molar-refractivity contribution in [1.82, 2.24) is 0 Å². The van der Waals surface area contributed by atoms with Gasteiger partial charge >= 0.3 is 0 Å². The Hall–Kier alpha value is -10.8. The lowest BCUT2D eigenvalue weighted by Crippen LogP contribution is -2.09. The molecule has 0 saturated heterocycles. The van der Waals surface area contributed by atoms with Gasteiger partial charge in [0.05, 0.1) is 0 Å². The van der Waals surface area contributed by atoms with E-state index in [0.717, 1.165) is 59.8 Å². The molecule has 0 spiro atoms. The number of fused-ring (bicyclic) bond motifs is 2. The highest BCUT2D eigenvalue weighted by Gasteiger charge is 2.24. The van der Waals surface area contributed by atoms with Crippen molar-refractivity contribution < 1.29 is 0 Å². The monoisotopic (exact) mass is 1320 g/mol. The van der Waals surface area contributed by atoms with Crippen LogP contribution in [0.1, 0.15) is 124 Å². The summed E-state index contributed by atoms with van der Waals surface area (Å²) < 4.78 is 0. The first-order valence-corrected chi connectivity index (χ1v) is 37.7. The minimum absolute atomic E-state index is 1.01. The number of nitrogens with zero attached hydrogens (tertiary/aromatic N) is 2. The fourth-order valence-electron chi connectivity index (χ4n) is 15.2. The normalized spacial score (nSPS) is 11.4. The summed E-state index contributed by atoms with van der Waals surface area (Å²) in [5, 5.41) is 5.23. The van der Waals surface area contributed by atoms with Crippen molar-refractivity contribution in [3.8, 4) is 77.9 Å². The highest BCUT2D eigenvalue weighted by molar-refractivity contribution is 6.14. The Morgan fingerprint density at radius 1 is 0.206 bits per heavy atom. The van der Waals surface area contributed by atoms with Crippen LogP contribution in [0.5, 0.6) is 0 Å². The van der Waals surface area contributed by atoms with Crippen molar-refractivity contribution >= 4 is 55.7 Å². The molecule has 0 aromatic heterocycles. The molecule has 0 radical (unpaired) electrons. The van der Waals surface area contributed by atoms with E-state index in [2.05, 4.69) is 355 Å². The molecule has 102 heavy (non-hydrogen) atoms. The van der Waals surface area contributed by atoms with Gasteiger partial charge in [-0.05, 0) is 249 Å². The van der Waals surface area contributed by atoms with Crippen LogP contribution in [0.25, 0.3) is 99.4 Å². The van der Waals surface area contributed by atoms with Gasteiger partial charge in [-0.1, -0.05) is 319 Å². The molecule has 0 aliphatic carbocycles. The molecular formula is C100H96N2. The van der Waals surface area contributed by atoms with Crippen LogP contribution in [-0.2, 0) is 12.8 Å². The average molecular weight is 1330 g/mol. The highest BCUT2D eigenvalue weighted by atomic mass is 15.1. The molecule has 0 bridgehead atoms. The van der Waals surface area contributed by atoms with E-state index in [4.69, 9.17) is 0 Å². The van der Waals surface area contributed by atoms with Crippen molar-refractivity contribution in [2.75, 3.05) is 9.80 Å². The molecular weight excluding hydrogens is 1230 g/mol. The molecule has 0 fully saturated rings. The van der Waals surface area contributed by atoms with E-state index < -0.39 is 0 Å². The van der Waals surface area contributed by atoms with Crippen LogP contribution in [0.4, 0.5) is 34.1 Å². The Morgan fingerprint density at radius 3 is 0.657 bits per heavy atom. The predicted octanol–water partition coefficient (Wildman–Crippen LogP) is 29.6. The van der Waals surface area contributed by atoms with Gasteiger partial charge in [-0.2, -0.15) is 0 Å². The molecule has 0 aliphatic heterocycles. The molecule has 506 valence electrons. The van der Waals surface area contributed by atoms with Crippen LogP contribution >= 0.6 is 0 Å². The van der Waals surface area contributed by atoms with Crippen molar-refractivity contribution in [3.05, 3.63) is 337 Å². The second-order valence-electron chi connectivity index (χ2n) is 28.5. The maximum absolute atomic E-state index is 2.61. The van der Waals surface area contributed by atoms with E-state index in [1.807, 2.05) is 0 Å². The van der Waals surface area contributed by atoms with Gasteiger partial charge in [-0.25, -0.2) is 0 Å². The quantitative estimate of drug-likeness (QED) is 0.0474. The lowest BCUT2D eigenvalue weighted by Gasteiger charge is -2.27. The zero-order valence-corrected chi connectivity index (χ0v) is 60.7. The van der Waals surface area contributed by atoms with Crippen LogP contribution in [0.15, 0.2) is 303 Å². The number of unbranched alkanes of at least 4 members (excludes halogenated alkanes) is 10. The number of aryl methyl sites for hydroxylation is 6. The zero-order valence-electron chi connectivity index (χ0n) is 60.7. The van der Waals surface area contributed by atoms with Gasteiger partial charge in [-0.15, -0.1) is 0 Å². The van der Waals surface area contributed by atoms with Crippen molar-refractivity contribution in [1.29, 1.82) is 0 Å². The molecule has 14 rings (SSSR count). The van der Waals surface area contributed by atoms with Gasteiger partial charge in [-0.3, -0.25) is 0 Å². The fourth-order valence-corrected chi connectivity index (χ4v) is 15.2. The van der Waals surface area contributed by atoms with Crippen molar-refractivity contribution in [3.63, 3.8) is 0 Å². The highest BCUT2D eigenvalue weighted by Crippen LogP contribution is 2.48. The maximum Gasteiger partial charge on any atom is 0.0462 e. The Kier molecular flexibility index (Phi) is 21.6. The minimum atomic E-state index is 1.01. The summed E-state index contributed by atoms with van der Waals surface area (Å²) in [6.07, 6.45) is 17.0. The third-order valence-corrected chi connectivity index (χ3v) is 21.0. The first-order valence-electron chi connectivity index (χ1n) is 37.7. The van der Waals surface area contributed by atoms with E-state index in [1.54, 1.807) is 0 Å². The number of rotatable bonds is 27. The molecule has 14 aromatic rings. The summed E-state index contributed by atoms with van der Waals surface area (Å²) in [6.45, 7) is 13.2. The van der Waals surface area contributed by atoms with Gasteiger partial charge in [0, 0.05) is 34.1 Å². The van der Waals surface area contributed by atoms with Crippen molar-refractivity contribution in [2.24, 2.45) is 0 Å². The largest absolute Gasteiger partial charge is 0.311 e. The lowest BCUT2D eigenvalue weighted by molar-refractivity contribution is 0.607. The van der Waals surface area contributed by atoms with E-state index in [1.165, 1.54) is 197 Å². The topological polar surface area (TPSA) is 6.48 Å². The van der Waals surface area contributed by atoms with Crippen LogP contribution in [-0.4, -0.2) is 0 Å². The molecule has 0 N–H and O–H groups in total. The fraction of sp³-hybridized carbons (Fsp3) is 0.200. The summed E-state index contributed by atoms with van der Waals surface area (Å²) >= 11 is 0. The molecule has 0 heterocycles. The molecule has 2 nitrogen and oxygen atoms in total. The Bertz CT molecular complexity index is 4560. The second kappa shape index (κ2) is 32.2. The van der Waals surface area contributed by atoms with Gasteiger partial charge in [0.2, 0.25) is 0 Å². The van der Waals surface area contributed by atoms with E-state index in [9.17, 15) is 0 Å². The van der Waals surface area contributed by atoms with Gasteiger partial charge in [0.25, 0.3) is 0 Å². The Balaban J connectivity index is 0.867. The Morgan fingerprint density at radius 2 is 0.412 bits per heavy atom. The molecule has 14 aromatic carbocycles. The maximum atomic E-state index is 2.61. The number of hydrogen-bond acceptors (Lipinski definition) is 2. The smallest absolute Gasteiger partial charge is 0.0462 e. The first-order chi connectivity index (χ1) is 50.1. The molecule has 0 saturated carbocycles. The van der Waals surface area contributed by atoms with Crippen LogP contribution in [0, 0.1) is 27.7 Å². The summed E-state index contributed by atoms with van der Waals surface area (Å²) in [5.41, 5.74) is 32.2. The van der Waals surface area contributed by atoms with E-state index in [-0.39, 0.29) is 0 Å². The number of anilines is 6. The first kappa shape index (κ1) is 68.3. The summed E-state index contributed by atoms with van der Waals surface area (Å²) in [4.78, 5) is 4.82. The number of benzene rings is 14. The third-order valence-electron chi connectivity index (χ3n) is 21.0. The summed E-state index contributed by atoms with van der Waals surface area (Å²) in [6, 6.07) is 115. The molecule has 0 atom stereocenters. The second-order valence-corrected chi connectivity index (χ2v) is 28.5. The molecule has 2 heteroatoms. The van der Waals surface area contributed by atoms with Crippen LogP contribution < -0.4 is 9.80 Å². The third kappa shape index (κ3) is 15.6. The number of hydrogen-bond donors (Lipinski definition) is 0. The van der Waals surface area contributed by atoms with Gasteiger partial charge < -0.3 is 9.80 Å². The van der Waals surface area contributed by atoms with Crippen LogP contribution in [0.3, 0.4) is 0 Å². The minimum Gasteiger partial charge on any atom is -0.311 e.